The largest absolute Gasteiger partial charge is 0.497 e. The van der Waals surface area contributed by atoms with E-state index in [1.165, 1.54) is 24.3 Å². The molecule has 0 aliphatic heterocycles. The Morgan fingerprint density at radius 3 is 2.38 bits per heavy atom. The molecule has 0 spiro atoms. The molecule has 152 valence electrons. The van der Waals surface area contributed by atoms with Crippen LogP contribution in [0.2, 0.25) is 0 Å². The molecule has 0 saturated carbocycles. The van der Waals surface area contributed by atoms with Gasteiger partial charge < -0.3 is 23.9 Å². The van der Waals surface area contributed by atoms with Gasteiger partial charge >= 0.3 is 6.61 Å². The van der Waals surface area contributed by atoms with Gasteiger partial charge in [0.25, 0.3) is 5.91 Å². The van der Waals surface area contributed by atoms with E-state index in [4.69, 9.17) is 13.9 Å². The molecule has 0 saturated heterocycles. The van der Waals surface area contributed by atoms with Gasteiger partial charge in [0.2, 0.25) is 0 Å². The van der Waals surface area contributed by atoms with Gasteiger partial charge in [-0.1, -0.05) is 0 Å². The number of aryl methyl sites for hydroxylation is 1. The third-order valence-electron chi connectivity index (χ3n) is 4.00. The Bertz CT molecular complexity index is 969. The lowest BCUT2D eigenvalue weighted by atomic mass is 10.2. The van der Waals surface area contributed by atoms with Gasteiger partial charge in [-0.15, -0.1) is 0 Å². The number of anilines is 1. The minimum atomic E-state index is -2.91. The summed E-state index contributed by atoms with van der Waals surface area (Å²) in [5.41, 5.74) is 1.04. The average molecular weight is 403 g/mol. The summed E-state index contributed by atoms with van der Waals surface area (Å²) < 4.78 is 45.1. The van der Waals surface area contributed by atoms with Crippen molar-refractivity contribution in [2.45, 2.75) is 20.1 Å². The number of furan rings is 1. The number of methoxy groups -OCH3 is 1. The third-order valence-corrected chi connectivity index (χ3v) is 4.00. The van der Waals surface area contributed by atoms with Gasteiger partial charge in [0.1, 0.15) is 29.6 Å². The van der Waals surface area contributed by atoms with Crippen LogP contribution in [0.3, 0.4) is 0 Å². The van der Waals surface area contributed by atoms with Gasteiger partial charge in [-0.05, 0) is 67.1 Å². The fraction of sp³-hybridized carbons (Fsp3) is 0.190. The first kappa shape index (κ1) is 20.2. The quantitative estimate of drug-likeness (QED) is 0.571. The monoisotopic (exact) mass is 403 g/mol. The maximum absolute atomic E-state index is 12.4. The summed E-state index contributed by atoms with van der Waals surface area (Å²) in [6.45, 7) is -1.08. The van der Waals surface area contributed by atoms with Crippen molar-refractivity contribution < 1.29 is 32.2 Å². The molecule has 3 rings (SSSR count). The van der Waals surface area contributed by atoms with Gasteiger partial charge in [-0.2, -0.15) is 8.78 Å². The highest BCUT2D eigenvalue weighted by molar-refractivity contribution is 6.02. The number of amides is 1. The molecule has 1 amide bonds. The van der Waals surface area contributed by atoms with Crippen LogP contribution in [0, 0.1) is 6.92 Å². The topological polar surface area (TPSA) is 69.9 Å². The standard InChI is InChI=1S/C21H19F2NO5/c1-13-11-16(29-21(22)23)7-9-18(13)24-20(25)19-10-8-17(28-19)12-27-15-5-3-14(26-2)4-6-15/h3-11,21H,12H2,1-2H3,(H,24,25). The highest BCUT2D eigenvalue weighted by Crippen LogP contribution is 2.24. The fourth-order valence-corrected chi connectivity index (χ4v) is 2.54. The zero-order valence-electron chi connectivity index (χ0n) is 15.8. The lowest BCUT2D eigenvalue weighted by Crippen LogP contribution is -2.12. The van der Waals surface area contributed by atoms with Crippen LogP contribution in [0.4, 0.5) is 14.5 Å². The molecule has 1 N–H and O–H groups in total. The summed E-state index contributed by atoms with van der Waals surface area (Å²) in [5.74, 6) is 1.49. The van der Waals surface area contributed by atoms with Gasteiger partial charge in [-0.25, -0.2) is 0 Å². The SMILES string of the molecule is COc1ccc(OCc2ccc(C(=O)Nc3ccc(OC(F)F)cc3C)o2)cc1. The average Bonchev–Trinajstić information content (AvgIpc) is 3.17. The predicted octanol–water partition coefficient (Wildman–Crippen LogP) is 5.03. The molecule has 0 bridgehead atoms. The molecule has 0 aliphatic rings. The molecule has 3 aromatic rings. The summed E-state index contributed by atoms with van der Waals surface area (Å²) >= 11 is 0. The number of carbonyl (C=O) groups excluding carboxylic acids is 1. The Kier molecular flexibility index (Phi) is 6.33. The molecule has 6 nitrogen and oxygen atoms in total. The van der Waals surface area contributed by atoms with Crippen molar-refractivity contribution in [1.82, 2.24) is 0 Å². The fourth-order valence-electron chi connectivity index (χ4n) is 2.54. The molecular weight excluding hydrogens is 384 g/mol. The van der Waals surface area contributed by atoms with Crippen LogP contribution in [-0.2, 0) is 6.61 Å². The number of carbonyl (C=O) groups is 1. The van der Waals surface area contributed by atoms with Crippen molar-refractivity contribution in [3.8, 4) is 17.2 Å². The lowest BCUT2D eigenvalue weighted by molar-refractivity contribution is -0.0498. The highest BCUT2D eigenvalue weighted by Gasteiger charge is 2.14. The normalized spacial score (nSPS) is 10.7. The number of hydrogen-bond donors (Lipinski definition) is 1. The first-order valence-electron chi connectivity index (χ1n) is 8.67. The Hall–Kier alpha value is -3.55. The minimum absolute atomic E-state index is 0.0199. The van der Waals surface area contributed by atoms with E-state index < -0.39 is 12.5 Å². The zero-order chi connectivity index (χ0) is 20.8. The van der Waals surface area contributed by atoms with Crippen LogP contribution in [0.1, 0.15) is 21.9 Å². The van der Waals surface area contributed by atoms with Crippen molar-refractivity contribution in [3.05, 3.63) is 71.7 Å². The van der Waals surface area contributed by atoms with Crippen LogP contribution >= 0.6 is 0 Å². The van der Waals surface area contributed by atoms with Crippen molar-refractivity contribution in [2.75, 3.05) is 12.4 Å². The Balaban J connectivity index is 1.58. The summed E-state index contributed by atoms with van der Waals surface area (Å²) in [6.07, 6.45) is 0. The minimum Gasteiger partial charge on any atom is -0.497 e. The second kappa shape index (κ2) is 9.09. The third kappa shape index (κ3) is 5.47. The molecule has 8 heteroatoms. The Labute approximate surface area is 166 Å². The smallest absolute Gasteiger partial charge is 0.387 e. The van der Waals surface area contributed by atoms with Crippen molar-refractivity contribution >= 4 is 11.6 Å². The Morgan fingerprint density at radius 1 is 1.03 bits per heavy atom. The first-order valence-corrected chi connectivity index (χ1v) is 8.67. The van der Waals surface area contributed by atoms with Crippen LogP contribution < -0.4 is 19.5 Å². The van der Waals surface area contributed by atoms with Gasteiger partial charge in [0.15, 0.2) is 5.76 Å². The maximum atomic E-state index is 12.4. The van der Waals surface area contributed by atoms with Crippen LogP contribution in [0.25, 0.3) is 0 Å². The molecule has 1 heterocycles. The highest BCUT2D eigenvalue weighted by atomic mass is 19.3. The van der Waals surface area contributed by atoms with Crippen LogP contribution in [0.15, 0.2) is 59.0 Å². The molecule has 29 heavy (non-hydrogen) atoms. The zero-order valence-corrected chi connectivity index (χ0v) is 15.8. The molecule has 0 radical (unpaired) electrons. The summed E-state index contributed by atoms with van der Waals surface area (Å²) in [7, 11) is 1.58. The number of benzene rings is 2. The van der Waals surface area contributed by atoms with Crippen LogP contribution in [-0.4, -0.2) is 19.6 Å². The maximum Gasteiger partial charge on any atom is 0.387 e. The van der Waals surface area contributed by atoms with E-state index in [1.54, 1.807) is 44.4 Å². The second-order valence-electron chi connectivity index (χ2n) is 6.04. The van der Waals surface area contributed by atoms with Gasteiger partial charge in [0.05, 0.1) is 7.11 Å². The van der Waals surface area contributed by atoms with E-state index in [9.17, 15) is 13.6 Å². The van der Waals surface area contributed by atoms with E-state index in [0.717, 1.165) is 5.75 Å². The second-order valence-corrected chi connectivity index (χ2v) is 6.04. The Morgan fingerprint density at radius 2 is 1.72 bits per heavy atom. The van der Waals surface area contributed by atoms with Crippen molar-refractivity contribution in [3.63, 3.8) is 0 Å². The molecule has 0 unspecified atom stereocenters. The van der Waals surface area contributed by atoms with Gasteiger partial charge in [-0.3, -0.25) is 4.79 Å². The van der Waals surface area contributed by atoms with Gasteiger partial charge in [0, 0.05) is 5.69 Å². The molecule has 0 aliphatic carbocycles. The van der Waals surface area contributed by atoms with Crippen molar-refractivity contribution in [2.24, 2.45) is 0 Å². The summed E-state index contributed by atoms with van der Waals surface area (Å²) in [4.78, 5) is 12.4. The number of hydrogen-bond acceptors (Lipinski definition) is 5. The summed E-state index contributed by atoms with van der Waals surface area (Å²) in [6, 6.07) is 14.5. The van der Waals surface area contributed by atoms with Crippen LogP contribution in [0.5, 0.6) is 17.2 Å². The predicted molar refractivity (Wildman–Crippen MR) is 102 cm³/mol. The first-order chi connectivity index (χ1) is 13.9. The van der Waals surface area contributed by atoms with E-state index in [-0.39, 0.29) is 18.1 Å². The van der Waals surface area contributed by atoms with Crippen molar-refractivity contribution in [1.29, 1.82) is 0 Å². The number of halogens is 2. The lowest BCUT2D eigenvalue weighted by Gasteiger charge is -2.10. The number of ether oxygens (including phenoxy) is 3. The number of nitrogens with one attached hydrogen (secondary N) is 1. The van der Waals surface area contributed by atoms with E-state index in [1.807, 2.05) is 0 Å². The van der Waals surface area contributed by atoms with E-state index >= 15 is 0 Å². The molecular formula is C21H19F2NO5. The summed E-state index contributed by atoms with van der Waals surface area (Å²) in [5, 5.41) is 2.68. The molecule has 1 aromatic heterocycles. The van der Waals surface area contributed by atoms with E-state index in [0.29, 0.717) is 22.8 Å². The molecule has 0 fully saturated rings. The number of alkyl halides is 2. The van der Waals surface area contributed by atoms with E-state index in [2.05, 4.69) is 10.1 Å². The number of rotatable bonds is 8. The molecule has 0 atom stereocenters. The molecule has 2 aromatic carbocycles.